The summed E-state index contributed by atoms with van der Waals surface area (Å²) >= 11 is 1.74. The van der Waals surface area contributed by atoms with E-state index >= 15 is 0 Å². The molecule has 19 heavy (non-hydrogen) atoms. The molecule has 0 saturated carbocycles. The first-order valence-corrected chi connectivity index (χ1v) is 7.55. The smallest absolute Gasteiger partial charge is 0.320 e. The molecule has 0 aliphatic carbocycles. The molecule has 1 aliphatic heterocycles. The lowest BCUT2D eigenvalue weighted by molar-refractivity contribution is -0.144. The summed E-state index contributed by atoms with van der Waals surface area (Å²) in [5.74, 6) is -0.681. The molecule has 1 aromatic carbocycles. The number of thiophene rings is 1. The first-order valence-electron chi connectivity index (χ1n) is 6.67. The fourth-order valence-corrected chi connectivity index (χ4v) is 3.79. The van der Waals surface area contributed by atoms with Gasteiger partial charge in [0, 0.05) is 11.2 Å². The van der Waals surface area contributed by atoms with E-state index in [4.69, 9.17) is 0 Å². The number of hydrogen-bond acceptors (Lipinski definition) is 3. The molecule has 0 spiro atoms. The van der Waals surface area contributed by atoms with Gasteiger partial charge in [-0.05, 0) is 41.8 Å². The molecule has 3 nitrogen and oxygen atoms in total. The lowest BCUT2D eigenvalue weighted by Crippen LogP contribution is -2.43. The van der Waals surface area contributed by atoms with Crippen LogP contribution in [0.4, 0.5) is 0 Å². The van der Waals surface area contributed by atoms with Crippen LogP contribution < -0.4 is 0 Å². The molecule has 100 valence electrons. The Morgan fingerprint density at radius 2 is 2.21 bits per heavy atom. The normalized spacial score (nSPS) is 20.7. The van der Waals surface area contributed by atoms with Gasteiger partial charge in [0.25, 0.3) is 0 Å². The summed E-state index contributed by atoms with van der Waals surface area (Å²) in [7, 11) is 0. The van der Waals surface area contributed by atoms with E-state index in [0.29, 0.717) is 0 Å². The molecule has 0 radical (unpaired) electrons. The van der Waals surface area contributed by atoms with Crippen LogP contribution in [-0.4, -0.2) is 28.6 Å². The molecule has 1 atom stereocenters. The van der Waals surface area contributed by atoms with Gasteiger partial charge in [-0.25, -0.2) is 0 Å². The molecule has 1 saturated heterocycles. The number of rotatable bonds is 3. The Balaban J connectivity index is 1.85. The first-order chi connectivity index (χ1) is 9.25. The minimum atomic E-state index is -0.681. The zero-order valence-corrected chi connectivity index (χ0v) is 11.5. The standard InChI is InChI=1S/C15H17NO2S/c17-15(18)13-6-3-4-8-16(13)9-11-10-19-14-7-2-1-5-12(11)14/h1-2,5,7,10,13H,3-4,6,8-9H2,(H,17,18). The Bertz CT molecular complexity index is 593. The highest BCUT2D eigenvalue weighted by Crippen LogP contribution is 2.28. The monoisotopic (exact) mass is 275 g/mol. The zero-order chi connectivity index (χ0) is 13.2. The molecule has 1 N–H and O–H groups in total. The van der Waals surface area contributed by atoms with Crippen LogP contribution >= 0.6 is 11.3 Å². The maximum Gasteiger partial charge on any atom is 0.320 e. The highest BCUT2D eigenvalue weighted by atomic mass is 32.1. The number of benzene rings is 1. The maximum absolute atomic E-state index is 11.3. The summed E-state index contributed by atoms with van der Waals surface area (Å²) in [5.41, 5.74) is 1.26. The SMILES string of the molecule is O=C(O)C1CCCCN1Cc1csc2ccccc12. The van der Waals surface area contributed by atoms with Crippen LogP contribution in [0, 0.1) is 0 Å². The number of likely N-dealkylation sites (tertiary alicyclic amines) is 1. The van der Waals surface area contributed by atoms with Gasteiger partial charge < -0.3 is 5.11 Å². The summed E-state index contributed by atoms with van der Waals surface area (Å²) in [6.45, 7) is 1.64. The lowest BCUT2D eigenvalue weighted by Gasteiger charge is -2.32. The zero-order valence-electron chi connectivity index (χ0n) is 10.7. The van der Waals surface area contributed by atoms with Gasteiger partial charge in [0.1, 0.15) is 6.04 Å². The molecule has 1 fully saturated rings. The van der Waals surface area contributed by atoms with Crippen molar-refractivity contribution in [3.63, 3.8) is 0 Å². The van der Waals surface area contributed by atoms with Crippen molar-refractivity contribution >= 4 is 27.4 Å². The van der Waals surface area contributed by atoms with Crippen molar-refractivity contribution in [1.29, 1.82) is 0 Å². The van der Waals surface area contributed by atoms with Crippen LogP contribution in [0.3, 0.4) is 0 Å². The van der Waals surface area contributed by atoms with E-state index in [9.17, 15) is 9.90 Å². The third-order valence-electron chi connectivity index (χ3n) is 3.83. The van der Waals surface area contributed by atoms with Crippen molar-refractivity contribution in [3.8, 4) is 0 Å². The highest BCUT2D eigenvalue weighted by Gasteiger charge is 2.28. The number of piperidine rings is 1. The van der Waals surface area contributed by atoms with Gasteiger partial charge in [-0.15, -0.1) is 11.3 Å². The average molecular weight is 275 g/mol. The van der Waals surface area contributed by atoms with Crippen LogP contribution in [0.5, 0.6) is 0 Å². The topological polar surface area (TPSA) is 40.5 Å². The largest absolute Gasteiger partial charge is 0.480 e. The summed E-state index contributed by atoms with van der Waals surface area (Å²) in [6, 6.07) is 8.02. The van der Waals surface area contributed by atoms with Crippen LogP contribution in [0.1, 0.15) is 24.8 Å². The molecule has 0 bridgehead atoms. The maximum atomic E-state index is 11.3. The van der Waals surface area contributed by atoms with Crippen LogP contribution in [0.15, 0.2) is 29.6 Å². The molecule has 3 rings (SSSR count). The van der Waals surface area contributed by atoms with E-state index in [0.717, 1.165) is 32.4 Å². The molecule has 0 amide bonds. The number of aliphatic carboxylic acids is 1. The Kier molecular flexibility index (Phi) is 3.53. The van der Waals surface area contributed by atoms with Gasteiger partial charge in [-0.2, -0.15) is 0 Å². The molecule has 1 aliphatic rings. The highest BCUT2D eigenvalue weighted by molar-refractivity contribution is 7.17. The number of carboxylic acid groups (broad SMARTS) is 1. The molecule has 1 unspecified atom stereocenters. The van der Waals surface area contributed by atoms with Gasteiger partial charge in [0.2, 0.25) is 0 Å². The predicted molar refractivity (Wildman–Crippen MR) is 77.5 cm³/mol. The summed E-state index contributed by atoms with van der Waals surface area (Å²) in [4.78, 5) is 13.4. The van der Waals surface area contributed by atoms with E-state index in [1.807, 2.05) is 12.1 Å². The fraction of sp³-hybridized carbons (Fsp3) is 0.400. The average Bonchev–Trinajstić information content (AvgIpc) is 2.83. The number of nitrogens with zero attached hydrogens (tertiary/aromatic N) is 1. The van der Waals surface area contributed by atoms with E-state index in [2.05, 4.69) is 22.4 Å². The summed E-state index contributed by atoms with van der Waals surface area (Å²) < 4.78 is 1.28. The fourth-order valence-electron chi connectivity index (χ4n) is 2.83. The van der Waals surface area contributed by atoms with Crippen LogP contribution in [0.2, 0.25) is 0 Å². The molecular formula is C15H17NO2S. The summed E-state index contributed by atoms with van der Waals surface area (Å²) in [5, 5.41) is 12.7. The first kappa shape index (κ1) is 12.6. The van der Waals surface area contributed by atoms with Crippen LogP contribution in [0.25, 0.3) is 10.1 Å². The van der Waals surface area contributed by atoms with Crippen molar-refractivity contribution in [2.24, 2.45) is 0 Å². The van der Waals surface area contributed by atoms with E-state index in [-0.39, 0.29) is 6.04 Å². The number of hydrogen-bond donors (Lipinski definition) is 1. The molecule has 4 heteroatoms. The van der Waals surface area contributed by atoms with Gasteiger partial charge in [-0.1, -0.05) is 24.6 Å². The van der Waals surface area contributed by atoms with Crippen molar-refractivity contribution in [3.05, 3.63) is 35.2 Å². The molecule has 1 aromatic heterocycles. The number of carbonyl (C=O) groups is 1. The second kappa shape index (κ2) is 5.31. The second-order valence-corrected chi connectivity index (χ2v) is 5.99. The van der Waals surface area contributed by atoms with E-state index in [1.54, 1.807) is 11.3 Å². The molecule has 2 heterocycles. The van der Waals surface area contributed by atoms with Crippen molar-refractivity contribution in [1.82, 2.24) is 4.90 Å². The predicted octanol–water partition coefficient (Wildman–Crippen LogP) is 3.34. The Hall–Kier alpha value is -1.39. The van der Waals surface area contributed by atoms with Gasteiger partial charge in [-0.3, -0.25) is 9.69 Å². The minimum Gasteiger partial charge on any atom is -0.480 e. The quantitative estimate of drug-likeness (QED) is 0.934. The minimum absolute atomic E-state index is 0.313. The van der Waals surface area contributed by atoms with Gasteiger partial charge >= 0.3 is 5.97 Å². The lowest BCUT2D eigenvalue weighted by atomic mass is 10.0. The number of carboxylic acids is 1. The van der Waals surface area contributed by atoms with E-state index < -0.39 is 5.97 Å². The summed E-state index contributed by atoms with van der Waals surface area (Å²) in [6.07, 6.45) is 2.90. The molecular weight excluding hydrogens is 258 g/mol. The van der Waals surface area contributed by atoms with Gasteiger partial charge in [0.05, 0.1) is 0 Å². The van der Waals surface area contributed by atoms with Crippen molar-refractivity contribution < 1.29 is 9.90 Å². The Labute approximate surface area is 116 Å². The van der Waals surface area contributed by atoms with Crippen molar-refractivity contribution in [2.75, 3.05) is 6.54 Å². The number of fused-ring (bicyclic) bond motifs is 1. The van der Waals surface area contributed by atoms with Crippen molar-refractivity contribution in [2.45, 2.75) is 31.8 Å². The van der Waals surface area contributed by atoms with Crippen LogP contribution in [-0.2, 0) is 11.3 Å². The Morgan fingerprint density at radius 1 is 1.37 bits per heavy atom. The van der Waals surface area contributed by atoms with Gasteiger partial charge in [0.15, 0.2) is 0 Å². The molecule has 2 aromatic rings. The van der Waals surface area contributed by atoms with E-state index in [1.165, 1.54) is 15.6 Å². The third kappa shape index (κ3) is 2.51. The second-order valence-electron chi connectivity index (χ2n) is 5.08. The third-order valence-corrected chi connectivity index (χ3v) is 4.85. The Morgan fingerprint density at radius 3 is 3.05 bits per heavy atom.